The minimum absolute atomic E-state index is 0.159. The molecule has 2 aromatic rings. The zero-order chi connectivity index (χ0) is 16.4. The van der Waals surface area contributed by atoms with E-state index in [-0.39, 0.29) is 12.0 Å². The zero-order valence-corrected chi connectivity index (χ0v) is 14.1. The van der Waals surface area contributed by atoms with Crippen LogP contribution >= 0.6 is 22.9 Å². The lowest BCUT2D eigenvalue weighted by Crippen LogP contribution is -2.42. The Balaban J connectivity index is 1.84. The third-order valence-corrected chi connectivity index (χ3v) is 4.82. The summed E-state index contributed by atoms with van der Waals surface area (Å²) in [4.78, 5) is 18.8. The lowest BCUT2D eigenvalue weighted by molar-refractivity contribution is -0.0229. The van der Waals surface area contributed by atoms with Gasteiger partial charge in [-0.3, -0.25) is 4.79 Å². The molecular formula is C15H16ClN3O3S. The van der Waals surface area contributed by atoms with Crippen molar-refractivity contribution in [2.75, 3.05) is 32.5 Å². The summed E-state index contributed by atoms with van der Waals surface area (Å²) in [7, 11) is 1.50. The lowest BCUT2D eigenvalue weighted by atomic mass is 10.1. The number of morpholine rings is 1. The highest BCUT2D eigenvalue weighted by Gasteiger charge is 2.29. The van der Waals surface area contributed by atoms with Crippen LogP contribution in [0.3, 0.4) is 0 Å². The first kappa shape index (κ1) is 16.0. The van der Waals surface area contributed by atoms with Crippen LogP contribution in [0.4, 0.5) is 5.69 Å². The molecule has 6 nitrogen and oxygen atoms in total. The van der Waals surface area contributed by atoms with Gasteiger partial charge in [-0.15, -0.1) is 11.3 Å². The first-order valence-corrected chi connectivity index (χ1v) is 8.29. The third kappa shape index (κ3) is 3.26. The normalized spacial score (nSPS) is 18.0. The molecule has 122 valence electrons. The highest BCUT2D eigenvalue weighted by atomic mass is 35.5. The average Bonchev–Trinajstić information content (AvgIpc) is 3.11. The van der Waals surface area contributed by atoms with Gasteiger partial charge in [-0.25, -0.2) is 4.98 Å². The van der Waals surface area contributed by atoms with Gasteiger partial charge in [-0.05, 0) is 6.07 Å². The van der Waals surface area contributed by atoms with E-state index in [4.69, 9.17) is 26.8 Å². The molecule has 1 aliphatic heterocycles. The fourth-order valence-corrected chi connectivity index (χ4v) is 3.29. The van der Waals surface area contributed by atoms with Gasteiger partial charge in [-0.2, -0.15) is 0 Å². The summed E-state index contributed by atoms with van der Waals surface area (Å²) in [6.45, 7) is 1.41. The van der Waals surface area contributed by atoms with Crippen LogP contribution in [0.25, 0.3) is 0 Å². The van der Waals surface area contributed by atoms with Crippen LogP contribution in [0.1, 0.15) is 21.5 Å². The molecule has 2 heterocycles. The number of nitrogens with two attached hydrogens (primary N) is 1. The number of hydrogen-bond acceptors (Lipinski definition) is 6. The summed E-state index contributed by atoms with van der Waals surface area (Å²) < 4.78 is 11.0. The Hall–Kier alpha value is -1.83. The second-order valence-corrected chi connectivity index (χ2v) is 6.39. The maximum absolute atomic E-state index is 12.8. The topological polar surface area (TPSA) is 77.7 Å². The molecule has 3 rings (SSSR count). The Morgan fingerprint density at radius 1 is 1.57 bits per heavy atom. The fraction of sp³-hybridized carbons (Fsp3) is 0.333. The van der Waals surface area contributed by atoms with Crippen molar-refractivity contribution in [1.82, 2.24) is 9.88 Å². The van der Waals surface area contributed by atoms with Crippen molar-refractivity contribution in [1.29, 1.82) is 0 Å². The Kier molecular flexibility index (Phi) is 4.70. The van der Waals surface area contributed by atoms with Crippen molar-refractivity contribution < 1.29 is 14.3 Å². The summed E-state index contributed by atoms with van der Waals surface area (Å²) in [6.07, 6.45) is 1.52. The van der Waals surface area contributed by atoms with E-state index in [2.05, 4.69) is 4.98 Å². The van der Waals surface area contributed by atoms with E-state index in [1.54, 1.807) is 23.2 Å². The number of carbonyl (C=O) groups excluding carboxylic acids is 1. The van der Waals surface area contributed by atoms with Crippen LogP contribution in [-0.2, 0) is 4.74 Å². The predicted octanol–water partition coefficient (Wildman–Crippen LogP) is 2.60. The van der Waals surface area contributed by atoms with Gasteiger partial charge in [-0.1, -0.05) is 11.6 Å². The zero-order valence-electron chi connectivity index (χ0n) is 12.5. The molecule has 1 saturated heterocycles. The number of hydrogen-bond donors (Lipinski definition) is 1. The number of carbonyl (C=O) groups is 1. The van der Waals surface area contributed by atoms with Gasteiger partial charge in [0.15, 0.2) is 0 Å². The van der Waals surface area contributed by atoms with Gasteiger partial charge >= 0.3 is 0 Å². The van der Waals surface area contributed by atoms with Gasteiger partial charge in [0.05, 0.1) is 36.5 Å². The number of methoxy groups -OCH3 is 1. The van der Waals surface area contributed by atoms with Crippen LogP contribution in [0.2, 0.25) is 5.02 Å². The number of benzene rings is 1. The van der Waals surface area contributed by atoms with Crippen molar-refractivity contribution in [3.05, 3.63) is 39.3 Å². The highest BCUT2D eigenvalue weighted by molar-refractivity contribution is 7.09. The van der Waals surface area contributed by atoms with Gasteiger partial charge in [0.25, 0.3) is 5.91 Å². The molecule has 1 aromatic heterocycles. The van der Waals surface area contributed by atoms with Crippen LogP contribution in [0.5, 0.6) is 5.75 Å². The minimum atomic E-state index is -0.206. The van der Waals surface area contributed by atoms with Crippen molar-refractivity contribution in [2.24, 2.45) is 0 Å². The number of amides is 1. The van der Waals surface area contributed by atoms with Gasteiger partial charge < -0.3 is 20.1 Å². The lowest BCUT2D eigenvalue weighted by Gasteiger charge is -2.32. The van der Waals surface area contributed by atoms with Gasteiger partial charge in [0.2, 0.25) is 0 Å². The Labute approximate surface area is 142 Å². The minimum Gasteiger partial charge on any atom is -0.496 e. The summed E-state index contributed by atoms with van der Waals surface area (Å²) >= 11 is 7.57. The van der Waals surface area contributed by atoms with E-state index >= 15 is 0 Å². The first-order valence-electron chi connectivity index (χ1n) is 7.03. The Bertz CT molecular complexity index is 708. The molecule has 23 heavy (non-hydrogen) atoms. The molecule has 0 bridgehead atoms. The van der Waals surface area contributed by atoms with Crippen LogP contribution in [0, 0.1) is 0 Å². The number of nitrogens with zero attached hydrogens (tertiary/aromatic N) is 2. The Morgan fingerprint density at radius 3 is 3.09 bits per heavy atom. The largest absolute Gasteiger partial charge is 0.496 e. The molecule has 1 fully saturated rings. The van der Waals surface area contributed by atoms with Crippen LogP contribution in [0.15, 0.2) is 23.7 Å². The van der Waals surface area contributed by atoms with Crippen molar-refractivity contribution in [3.63, 3.8) is 0 Å². The standard InChI is InChI=1S/C15H16ClN3O3S/c1-21-12-7-11(17)10(16)6-9(12)15(20)19-3-4-22-13(8-19)14-18-2-5-23-14/h2,5-7,13H,3-4,8,17H2,1H3. The summed E-state index contributed by atoms with van der Waals surface area (Å²) in [5.74, 6) is 0.253. The highest BCUT2D eigenvalue weighted by Crippen LogP contribution is 2.31. The maximum atomic E-state index is 12.8. The molecule has 0 aliphatic carbocycles. The molecule has 1 unspecified atom stereocenters. The fourth-order valence-electron chi connectivity index (χ4n) is 2.45. The second-order valence-electron chi connectivity index (χ2n) is 5.05. The molecule has 1 aliphatic rings. The van der Waals surface area contributed by atoms with E-state index in [1.165, 1.54) is 18.4 Å². The number of aromatic nitrogens is 1. The number of anilines is 1. The Morgan fingerprint density at radius 2 is 2.39 bits per heavy atom. The molecule has 0 spiro atoms. The monoisotopic (exact) mass is 353 g/mol. The van der Waals surface area contributed by atoms with Crippen LogP contribution < -0.4 is 10.5 Å². The number of nitrogen functional groups attached to an aromatic ring is 1. The molecule has 0 saturated carbocycles. The molecule has 1 amide bonds. The van der Waals surface area contributed by atoms with E-state index in [0.29, 0.717) is 41.7 Å². The van der Waals surface area contributed by atoms with E-state index in [9.17, 15) is 4.79 Å². The molecule has 1 atom stereocenters. The molecule has 2 N–H and O–H groups in total. The van der Waals surface area contributed by atoms with Crippen molar-refractivity contribution >= 4 is 34.5 Å². The second kappa shape index (κ2) is 6.74. The maximum Gasteiger partial charge on any atom is 0.257 e. The van der Waals surface area contributed by atoms with Gasteiger partial charge in [0, 0.05) is 24.2 Å². The molecule has 0 radical (unpaired) electrons. The average molecular weight is 354 g/mol. The van der Waals surface area contributed by atoms with E-state index < -0.39 is 0 Å². The van der Waals surface area contributed by atoms with E-state index in [1.807, 2.05) is 5.38 Å². The van der Waals surface area contributed by atoms with Crippen LogP contribution in [-0.4, -0.2) is 42.6 Å². The number of rotatable bonds is 3. The smallest absolute Gasteiger partial charge is 0.257 e. The number of ether oxygens (including phenoxy) is 2. The summed E-state index contributed by atoms with van der Waals surface area (Å²) in [5.41, 5.74) is 6.54. The number of thiazole rings is 1. The van der Waals surface area contributed by atoms with Crippen molar-refractivity contribution in [3.8, 4) is 5.75 Å². The van der Waals surface area contributed by atoms with Crippen molar-refractivity contribution in [2.45, 2.75) is 6.10 Å². The summed E-state index contributed by atoms with van der Waals surface area (Å²) in [5, 5.41) is 3.09. The molecule has 1 aromatic carbocycles. The molecule has 8 heteroatoms. The quantitative estimate of drug-likeness (QED) is 0.858. The SMILES string of the molecule is COc1cc(N)c(Cl)cc1C(=O)N1CCOC(c2nccs2)C1. The summed E-state index contributed by atoms with van der Waals surface area (Å²) in [6, 6.07) is 3.11. The predicted molar refractivity (Wildman–Crippen MR) is 89.1 cm³/mol. The van der Waals surface area contributed by atoms with E-state index in [0.717, 1.165) is 5.01 Å². The number of halogens is 1. The van der Waals surface area contributed by atoms with Gasteiger partial charge in [0.1, 0.15) is 16.9 Å². The first-order chi connectivity index (χ1) is 11.1. The third-order valence-electron chi connectivity index (χ3n) is 3.63. The molecular weight excluding hydrogens is 338 g/mol.